The molecular formula is C10H12O3. The highest BCUT2D eigenvalue weighted by Gasteiger charge is 1.81. The van der Waals surface area contributed by atoms with Crippen molar-refractivity contribution in [3.05, 3.63) is 35.9 Å². The van der Waals surface area contributed by atoms with E-state index in [4.69, 9.17) is 5.11 Å². The molecule has 0 fully saturated rings. The molecular weight excluding hydrogens is 168 g/mol. The number of carbonyl (C=O) groups excluding carboxylic acids is 1. The standard InChI is InChI=1S/C7H6O.C3H6O2/c8-6-7-4-2-1-3-5-7;1-2-3(4)5/h1-6H;2H2,1H3,(H,4,5). The molecule has 0 atom stereocenters. The normalized spacial score (nSPS) is 8.08. The Morgan fingerprint density at radius 3 is 2.08 bits per heavy atom. The topological polar surface area (TPSA) is 54.4 Å². The highest BCUT2D eigenvalue weighted by molar-refractivity contribution is 5.74. The van der Waals surface area contributed by atoms with Gasteiger partial charge in [-0.3, -0.25) is 9.59 Å². The molecule has 0 aliphatic rings. The third-order valence-corrected chi connectivity index (χ3v) is 1.24. The first kappa shape index (κ1) is 11.4. The van der Waals surface area contributed by atoms with Crippen molar-refractivity contribution in [2.75, 3.05) is 0 Å². The van der Waals surface area contributed by atoms with Gasteiger partial charge in [0, 0.05) is 12.0 Å². The Labute approximate surface area is 77.0 Å². The number of rotatable bonds is 2. The average molecular weight is 180 g/mol. The van der Waals surface area contributed by atoms with Crippen LogP contribution in [-0.2, 0) is 4.79 Å². The molecule has 70 valence electrons. The number of hydrogen-bond donors (Lipinski definition) is 1. The van der Waals surface area contributed by atoms with E-state index in [9.17, 15) is 9.59 Å². The fourth-order valence-electron chi connectivity index (χ4n) is 0.532. The maximum atomic E-state index is 10.0. The first-order chi connectivity index (χ1) is 6.20. The van der Waals surface area contributed by atoms with Crippen molar-refractivity contribution in [2.45, 2.75) is 13.3 Å². The molecule has 1 rings (SSSR count). The van der Waals surface area contributed by atoms with Crippen molar-refractivity contribution in [3.8, 4) is 0 Å². The van der Waals surface area contributed by atoms with E-state index in [1.54, 1.807) is 19.1 Å². The first-order valence-electron chi connectivity index (χ1n) is 3.92. The van der Waals surface area contributed by atoms with Crippen LogP contribution in [0.4, 0.5) is 0 Å². The zero-order valence-electron chi connectivity index (χ0n) is 7.43. The van der Waals surface area contributed by atoms with Gasteiger partial charge in [0.25, 0.3) is 0 Å². The minimum absolute atomic E-state index is 0.222. The Bertz CT molecular complexity index is 254. The molecule has 0 aliphatic heterocycles. The second-order valence-electron chi connectivity index (χ2n) is 2.28. The van der Waals surface area contributed by atoms with Gasteiger partial charge in [0.15, 0.2) is 0 Å². The summed E-state index contributed by atoms with van der Waals surface area (Å²) >= 11 is 0. The third kappa shape index (κ3) is 6.75. The molecule has 0 saturated heterocycles. The molecule has 1 aromatic rings. The molecule has 0 saturated carbocycles. The molecule has 1 N–H and O–H groups in total. The number of benzene rings is 1. The monoisotopic (exact) mass is 180 g/mol. The summed E-state index contributed by atoms with van der Waals surface area (Å²) in [5.74, 6) is -0.745. The zero-order valence-corrected chi connectivity index (χ0v) is 7.43. The van der Waals surface area contributed by atoms with Crippen molar-refractivity contribution in [2.24, 2.45) is 0 Å². The molecule has 0 radical (unpaired) electrons. The summed E-state index contributed by atoms with van der Waals surface area (Å²) in [6.45, 7) is 1.60. The van der Waals surface area contributed by atoms with Gasteiger partial charge in [-0.25, -0.2) is 0 Å². The van der Waals surface area contributed by atoms with Gasteiger partial charge in [-0.15, -0.1) is 0 Å². The van der Waals surface area contributed by atoms with E-state index in [1.165, 1.54) is 0 Å². The lowest BCUT2D eigenvalue weighted by molar-refractivity contribution is -0.136. The van der Waals surface area contributed by atoms with E-state index < -0.39 is 5.97 Å². The molecule has 0 spiro atoms. The number of hydrogen-bond acceptors (Lipinski definition) is 2. The molecule has 1 aromatic carbocycles. The minimum atomic E-state index is -0.745. The van der Waals surface area contributed by atoms with E-state index in [1.807, 2.05) is 18.2 Å². The van der Waals surface area contributed by atoms with Gasteiger partial charge in [-0.2, -0.15) is 0 Å². The van der Waals surface area contributed by atoms with Crippen LogP contribution >= 0.6 is 0 Å². The average Bonchev–Trinajstić information content (AvgIpc) is 2.20. The Kier molecular flexibility index (Phi) is 6.15. The molecule has 0 heterocycles. The van der Waals surface area contributed by atoms with Gasteiger partial charge in [0.05, 0.1) is 0 Å². The van der Waals surface area contributed by atoms with Gasteiger partial charge in [-0.1, -0.05) is 37.3 Å². The second-order valence-corrected chi connectivity index (χ2v) is 2.28. The van der Waals surface area contributed by atoms with E-state index >= 15 is 0 Å². The van der Waals surface area contributed by atoms with E-state index in [0.29, 0.717) is 0 Å². The van der Waals surface area contributed by atoms with Crippen LogP contribution in [0.3, 0.4) is 0 Å². The van der Waals surface area contributed by atoms with Crippen LogP contribution in [0.15, 0.2) is 30.3 Å². The summed E-state index contributed by atoms with van der Waals surface area (Å²) in [4.78, 5) is 19.4. The lowest BCUT2D eigenvalue weighted by atomic mass is 10.2. The Morgan fingerprint density at radius 2 is 1.85 bits per heavy atom. The Hall–Kier alpha value is -1.64. The number of aliphatic carboxylic acids is 1. The molecule has 0 unspecified atom stereocenters. The van der Waals surface area contributed by atoms with Crippen molar-refractivity contribution in [3.63, 3.8) is 0 Å². The third-order valence-electron chi connectivity index (χ3n) is 1.24. The highest BCUT2D eigenvalue weighted by atomic mass is 16.4. The summed E-state index contributed by atoms with van der Waals surface area (Å²) in [7, 11) is 0. The molecule has 13 heavy (non-hydrogen) atoms. The summed E-state index contributed by atoms with van der Waals surface area (Å²) in [6.07, 6.45) is 1.06. The fraction of sp³-hybridized carbons (Fsp3) is 0.200. The molecule has 0 bridgehead atoms. The van der Waals surface area contributed by atoms with Gasteiger partial charge in [0.2, 0.25) is 0 Å². The highest BCUT2D eigenvalue weighted by Crippen LogP contribution is 1.91. The summed E-state index contributed by atoms with van der Waals surface area (Å²) in [5.41, 5.74) is 0.729. The van der Waals surface area contributed by atoms with Crippen LogP contribution in [-0.4, -0.2) is 17.4 Å². The van der Waals surface area contributed by atoms with Crippen LogP contribution in [0.5, 0.6) is 0 Å². The molecule has 0 aliphatic carbocycles. The Balaban J connectivity index is 0.000000252. The molecule has 0 amide bonds. The van der Waals surface area contributed by atoms with Gasteiger partial charge >= 0.3 is 5.97 Å². The van der Waals surface area contributed by atoms with Crippen LogP contribution < -0.4 is 0 Å². The largest absolute Gasteiger partial charge is 0.481 e. The number of carboxylic acid groups (broad SMARTS) is 1. The molecule has 3 nitrogen and oxygen atoms in total. The van der Waals surface area contributed by atoms with Crippen LogP contribution in [0, 0.1) is 0 Å². The number of carbonyl (C=O) groups is 2. The smallest absolute Gasteiger partial charge is 0.303 e. The van der Waals surface area contributed by atoms with Gasteiger partial charge in [-0.05, 0) is 0 Å². The number of carboxylic acids is 1. The minimum Gasteiger partial charge on any atom is -0.481 e. The molecule has 0 aromatic heterocycles. The van der Waals surface area contributed by atoms with Crippen LogP contribution in [0.25, 0.3) is 0 Å². The zero-order chi connectivity index (χ0) is 10.1. The van der Waals surface area contributed by atoms with E-state index in [-0.39, 0.29) is 6.42 Å². The van der Waals surface area contributed by atoms with Crippen molar-refractivity contribution in [1.82, 2.24) is 0 Å². The predicted molar refractivity (Wildman–Crippen MR) is 49.8 cm³/mol. The maximum absolute atomic E-state index is 10.0. The first-order valence-corrected chi connectivity index (χ1v) is 3.92. The SMILES string of the molecule is CCC(=O)O.O=Cc1ccccc1. The van der Waals surface area contributed by atoms with Crippen molar-refractivity contribution in [1.29, 1.82) is 0 Å². The van der Waals surface area contributed by atoms with Gasteiger partial charge < -0.3 is 5.11 Å². The van der Waals surface area contributed by atoms with Crippen LogP contribution in [0.2, 0.25) is 0 Å². The predicted octanol–water partition coefficient (Wildman–Crippen LogP) is 1.98. The van der Waals surface area contributed by atoms with E-state index in [0.717, 1.165) is 11.8 Å². The quantitative estimate of drug-likeness (QED) is 0.708. The lowest BCUT2D eigenvalue weighted by Gasteiger charge is -1.81. The van der Waals surface area contributed by atoms with E-state index in [2.05, 4.69) is 0 Å². The van der Waals surface area contributed by atoms with Crippen molar-refractivity contribution < 1.29 is 14.7 Å². The van der Waals surface area contributed by atoms with Crippen molar-refractivity contribution >= 4 is 12.3 Å². The molecule has 3 heteroatoms. The summed E-state index contributed by atoms with van der Waals surface area (Å²) in [5, 5.41) is 7.72. The van der Waals surface area contributed by atoms with Gasteiger partial charge in [0.1, 0.15) is 6.29 Å². The summed E-state index contributed by atoms with van der Waals surface area (Å²) in [6, 6.07) is 9.10. The maximum Gasteiger partial charge on any atom is 0.303 e. The van der Waals surface area contributed by atoms with Crippen LogP contribution in [0.1, 0.15) is 23.7 Å². The number of aldehydes is 1. The second kappa shape index (κ2) is 7.03. The fourth-order valence-corrected chi connectivity index (χ4v) is 0.532. The Morgan fingerprint density at radius 1 is 1.38 bits per heavy atom. The summed E-state index contributed by atoms with van der Waals surface area (Å²) < 4.78 is 0. The lowest BCUT2D eigenvalue weighted by Crippen LogP contribution is -1.86.